The van der Waals surface area contributed by atoms with Crippen LogP contribution in [0.1, 0.15) is 30.1 Å². The maximum atomic E-state index is 13.0. The number of sulfonamides is 1. The Morgan fingerprint density at radius 1 is 1.19 bits per heavy atom. The summed E-state index contributed by atoms with van der Waals surface area (Å²) in [7, 11) is -3.78. The zero-order chi connectivity index (χ0) is 22.7. The number of carbonyl (C=O) groups is 1. The Labute approximate surface area is 185 Å². The number of rotatable bonds is 6. The molecule has 2 atom stereocenters. The van der Waals surface area contributed by atoms with Gasteiger partial charge in [0.2, 0.25) is 15.8 Å². The average molecular weight is 458 g/mol. The van der Waals surface area contributed by atoms with E-state index in [0.29, 0.717) is 11.4 Å². The van der Waals surface area contributed by atoms with Gasteiger partial charge in [-0.3, -0.25) is 4.98 Å². The first-order chi connectivity index (χ1) is 15.3. The standard InChI is InChI=1S/C21H22N4O6S/c1-14-11-25(12-15(2)30-14)32(27,28)18-7-3-5-16(9-18)21(26)29-13-19-23-20(24-31-19)17-6-4-8-22-10-17/h3-10,14-15H,11-13H2,1-2H3. The van der Waals surface area contributed by atoms with Crippen LogP contribution in [-0.4, -0.2) is 59.1 Å². The van der Waals surface area contributed by atoms with Gasteiger partial charge in [-0.2, -0.15) is 9.29 Å². The van der Waals surface area contributed by atoms with Crippen molar-refractivity contribution in [3.63, 3.8) is 0 Å². The van der Waals surface area contributed by atoms with Crippen LogP contribution in [0, 0.1) is 0 Å². The lowest BCUT2D eigenvalue weighted by molar-refractivity contribution is -0.0440. The molecule has 1 saturated heterocycles. The summed E-state index contributed by atoms with van der Waals surface area (Å²) in [5, 5.41) is 3.84. The van der Waals surface area contributed by atoms with Gasteiger partial charge < -0.3 is 14.0 Å². The van der Waals surface area contributed by atoms with E-state index in [-0.39, 0.29) is 48.3 Å². The highest BCUT2D eigenvalue weighted by atomic mass is 32.2. The maximum absolute atomic E-state index is 13.0. The van der Waals surface area contributed by atoms with Crippen LogP contribution >= 0.6 is 0 Å². The highest BCUT2D eigenvalue weighted by Gasteiger charge is 2.32. The number of esters is 1. The largest absolute Gasteiger partial charge is 0.452 e. The van der Waals surface area contributed by atoms with Gasteiger partial charge >= 0.3 is 5.97 Å². The highest BCUT2D eigenvalue weighted by molar-refractivity contribution is 7.89. The molecule has 11 heteroatoms. The topological polar surface area (TPSA) is 125 Å². The minimum atomic E-state index is -3.78. The van der Waals surface area contributed by atoms with Gasteiger partial charge in [-0.25, -0.2) is 13.2 Å². The van der Waals surface area contributed by atoms with Crippen molar-refractivity contribution in [2.75, 3.05) is 13.1 Å². The number of hydrogen-bond acceptors (Lipinski definition) is 9. The molecule has 0 saturated carbocycles. The Morgan fingerprint density at radius 2 is 1.97 bits per heavy atom. The number of pyridine rings is 1. The van der Waals surface area contributed by atoms with Crippen molar-refractivity contribution in [1.29, 1.82) is 0 Å². The van der Waals surface area contributed by atoms with Crippen LogP contribution in [0.5, 0.6) is 0 Å². The molecule has 0 amide bonds. The van der Waals surface area contributed by atoms with Gasteiger partial charge in [0.25, 0.3) is 5.89 Å². The lowest BCUT2D eigenvalue weighted by atomic mass is 10.2. The smallest absolute Gasteiger partial charge is 0.338 e. The van der Waals surface area contributed by atoms with Crippen LogP contribution in [0.15, 0.2) is 58.2 Å². The number of aromatic nitrogens is 3. The number of hydrogen-bond donors (Lipinski definition) is 0. The summed E-state index contributed by atoms with van der Waals surface area (Å²) in [6.07, 6.45) is 2.78. The number of morpholine rings is 1. The van der Waals surface area contributed by atoms with E-state index in [2.05, 4.69) is 15.1 Å². The van der Waals surface area contributed by atoms with Gasteiger partial charge in [-0.15, -0.1) is 0 Å². The van der Waals surface area contributed by atoms with Crippen LogP contribution in [0.25, 0.3) is 11.4 Å². The third-order valence-electron chi connectivity index (χ3n) is 4.81. The average Bonchev–Trinajstić information content (AvgIpc) is 3.26. The number of carbonyl (C=O) groups excluding carboxylic acids is 1. The minimum Gasteiger partial charge on any atom is -0.452 e. The van der Waals surface area contributed by atoms with Gasteiger partial charge in [0, 0.05) is 31.0 Å². The van der Waals surface area contributed by atoms with E-state index in [0.717, 1.165) is 0 Å². The van der Waals surface area contributed by atoms with Crippen molar-refractivity contribution in [2.45, 2.75) is 37.6 Å². The van der Waals surface area contributed by atoms with Crippen LogP contribution in [0.4, 0.5) is 0 Å². The molecule has 10 nitrogen and oxygen atoms in total. The molecule has 1 aromatic carbocycles. The van der Waals surface area contributed by atoms with Crippen LogP contribution < -0.4 is 0 Å². The van der Waals surface area contributed by atoms with E-state index in [1.165, 1.54) is 28.6 Å². The summed E-state index contributed by atoms with van der Waals surface area (Å²) in [6.45, 7) is 3.89. The predicted octanol–water partition coefficient (Wildman–Crippen LogP) is 2.29. The summed E-state index contributed by atoms with van der Waals surface area (Å²) >= 11 is 0. The van der Waals surface area contributed by atoms with Gasteiger partial charge in [-0.1, -0.05) is 11.2 Å². The van der Waals surface area contributed by atoms with E-state index in [1.807, 2.05) is 13.8 Å². The molecule has 32 heavy (non-hydrogen) atoms. The molecular weight excluding hydrogens is 436 g/mol. The van der Waals surface area contributed by atoms with Crippen molar-refractivity contribution in [3.05, 3.63) is 60.2 Å². The first kappa shape index (κ1) is 22.1. The molecule has 0 bridgehead atoms. The van der Waals surface area contributed by atoms with E-state index in [9.17, 15) is 13.2 Å². The molecule has 4 rings (SSSR count). The third kappa shape index (κ3) is 4.85. The molecule has 3 heterocycles. The lowest BCUT2D eigenvalue weighted by Crippen LogP contribution is -2.48. The lowest BCUT2D eigenvalue weighted by Gasteiger charge is -2.34. The molecule has 168 valence electrons. The summed E-state index contributed by atoms with van der Waals surface area (Å²) in [5.41, 5.74) is 0.769. The van der Waals surface area contributed by atoms with Crippen molar-refractivity contribution in [1.82, 2.24) is 19.4 Å². The fourth-order valence-electron chi connectivity index (χ4n) is 3.40. The predicted molar refractivity (Wildman–Crippen MR) is 112 cm³/mol. The number of nitrogens with zero attached hydrogens (tertiary/aromatic N) is 4. The second-order valence-electron chi connectivity index (χ2n) is 7.44. The zero-order valence-corrected chi connectivity index (χ0v) is 18.4. The van der Waals surface area contributed by atoms with Crippen LogP contribution in [0.2, 0.25) is 0 Å². The summed E-state index contributed by atoms with van der Waals surface area (Å²) in [5.74, 6) is -0.268. The van der Waals surface area contributed by atoms with Crippen molar-refractivity contribution in [3.8, 4) is 11.4 Å². The Balaban J connectivity index is 1.44. The Hall–Kier alpha value is -3.15. The molecule has 0 aliphatic carbocycles. The van der Waals surface area contributed by atoms with Crippen molar-refractivity contribution >= 4 is 16.0 Å². The van der Waals surface area contributed by atoms with E-state index < -0.39 is 16.0 Å². The second-order valence-corrected chi connectivity index (χ2v) is 9.37. The maximum Gasteiger partial charge on any atom is 0.338 e. The Bertz CT molecular complexity index is 1190. The minimum absolute atomic E-state index is 0.0184. The summed E-state index contributed by atoms with van der Waals surface area (Å²) < 4.78 is 43.4. The first-order valence-electron chi connectivity index (χ1n) is 9.98. The molecule has 3 aromatic rings. The molecule has 0 radical (unpaired) electrons. The SMILES string of the molecule is CC1CN(S(=O)(=O)c2cccc(C(=O)OCc3nc(-c4cccnc4)no3)c2)CC(C)O1. The normalized spacial score (nSPS) is 19.6. The Morgan fingerprint density at radius 3 is 2.69 bits per heavy atom. The number of benzene rings is 1. The molecule has 1 aliphatic heterocycles. The van der Waals surface area contributed by atoms with Gasteiger partial charge in [0.05, 0.1) is 22.7 Å². The molecule has 0 N–H and O–H groups in total. The van der Waals surface area contributed by atoms with E-state index in [4.69, 9.17) is 14.0 Å². The van der Waals surface area contributed by atoms with Crippen LogP contribution in [0.3, 0.4) is 0 Å². The van der Waals surface area contributed by atoms with E-state index >= 15 is 0 Å². The molecule has 2 unspecified atom stereocenters. The Kier molecular flexibility index (Phi) is 6.31. The summed E-state index contributed by atoms with van der Waals surface area (Å²) in [4.78, 5) is 20.7. The molecule has 1 aliphatic rings. The monoisotopic (exact) mass is 458 g/mol. The molecular formula is C21H22N4O6S. The molecule has 0 spiro atoms. The third-order valence-corrected chi connectivity index (χ3v) is 6.64. The fourth-order valence-corrected chi connectivity index (χ4v) is 5.03. The highest BCUT2D eigenvalue weighted by Crippen LogP contribution is 2.22. The van der Waals surface area contributed by atoms with Crippen molar-refractivity contribution in [2.24, 2.45) is 0 Å². The van der Waals surface area contributed by atoms with Gasteiger partial charge in [0.15, 0.2) is 6.61 Å². The zero-order valence-electron chi connectivity index (χ0n) is 17.5. The van der Waals surface area contributed by atoms with Gasteiger partial charge in [-0.05, 0) is 44.2 Å². The second kappa shape index (κ2) is 9.15. The quantitative estimate of drug-likeness (QED) is 0.512. The molecule has 2 aromatic heterocycles. The van der Waals surface area contributed by atoms with Gasteiger partial charge in [0.1, 0.15) is 0 Å². The van der Waals surface area contributed by atoms with E-state index in [1.54, 1.807) is 24.5 Å². The van der Waals surface area contributed by atoms with Crippen LogP contribution in [-0.2, 0) is 26.1 Å². The fraction of sp³-hybridized carbons (Fsp3) is 0.333. The summed E-state index contributed by atoms with van der Waals surface area (Å²) in [6, 6.07) is 9.26. The number of ether oxygens (including phenoxy) is 2. The first-order valence-corrected chi connectivity index (χ1v) is 11.4. The molecule has 1 fully saturated rings. The van der Waals surface area contributed by atoms with Crippen molar-refractivity contribution < 1.29 is 27.2 Å².